The van der Waals surface area contributed by atoms with Crippen LogP contribution in [0.5, 0.6) is 11.5 Å². The van der Waals surface area contributed by atoms with E-state index in [-0.39, 0.29) is 12.4 Å². The van der Waals surface area contributed by atoms with Gasteiger partial charge in [-0.1, -0.05) is 28.1 Å². The van der Waals surface area contributed by atoms with Crippen molar-refractivity contribution < 1.29 is 23.8 Å². The molecule has 0 heterocycles. The van der Waals surface area contributed by atoms with Gasteiger partial charge in [0.25, 0.3) is 0 Å². The molecule has 2 rings (SSSR count). The second-order valence-electron chi connectivity index (χ2n) is 4.98. The van der Waals surface area contributed by atoms with Gasteiger partial charge in [-0.25, -0.2) is 4.79 Å². The fourth-order valence-corrected chi connectivity index (χ4v) is 2.29. The summed E-state index contributed by atoms with van der Waals surface area (Å²) in [5.74, 6) is -0.0118. The Labute approximate surface area is 154 Å². The molecule has 0 N–H and O–H groups in total. The average Bonchev–Trinajstić information content (AvgIpc) is 2.65. The molecule has 0 bridgehead atoms. The molecule has 0 saturated heterocycles. The molecule has 0 radical (unpaired) electrons. The molecule has 0 spiro atoms. The van der Waals surface area contributed by atoms with Gasteiger partial charge in [0.2, 0.25) is 5.78 Å². The number of rotatable bonds is 7. The SMILES string of the molecule is COc1ccc(C(=O)COC(=O)/C=C/c2ccc(Br)cc2)c(OC)c1. The third-order valence-corrected chi connectivity index (χ3v) is 3.87. The monoisotopic (exact) mass is 404 g/mol. The number of carbonyl (C=O) groups is 2. The van der Waals surface area contributed by atoms with Crippen molar-refractivity contribution in [2.24, 2.45) is 0 Å². The summed E-state index contributed by atoms with van der Waals surface area (Å²) in [6, 6.07) is 12.2. The van der Waals surface area contributed by atoms with E-state index in [1.807, 2.05) is 24.3 Å². The Kier molecular flexibility index (Phi) is 6.77. The number of methoxy groups -OCH3 is 2. The molecule has 0 aliphatic rings. The van der Waals surface area contributed by atoms with Gasteiger partial charge in [0, 0.05) is 16.6 Å². The number of Topliss-reactive ketones (excluding diaryl/α,β-unsaturated/α-hetero) is 1. The van der Waals surface area contributed by atoms with E-state index in [1.54, 1.807) is 24.3 Å². The summed E-state index contributed by atoms with van der Waals surface area (Å²) >= 11 is 3.34. The molecule has 25 heavy (non-hydrogen) atoms. The summed E-state index contributed by atoms with van der Waals surface area (Å²) in [5.41, 5.74) is 1.18. The van der Waals surface area contributed by atoms with Crippen molar-refractivity contribution in [1.82, 2.24) is 0 Å². The number of halogens is 1. The van der Waals surface area contributed by atoms with E-state index in [0.29, 0.717) is 17.1 Å². The molecule has 0 atom stereocenters. The van der Waals surface area contributed by atoms with Crippen LogP contribution in [0.15, 0.2) is 53.0 Å². The number of ether oxygens (including phenoxy) is 3. The number of hydrogen-bond donors (Lipinski definition) is 0. The highest BCUT2D eigenvalue weighted by Crippen LogP contribution is 2.25. The van der Waals surface area contributed by atoms with Crippen LogP contribution in [0.2, 0.25) is 0 Å². The zero-order valence-corrected chi connectivity index (χ0v) is 15.4. The Bertz CT molecular complexity index is 781. The summed E-state index contributed by atoms with van der Waals surface area (Å²) in [4.78, 5) is 24.0. The summed E-state index contributed by atoms with van der Waals surface area (Å²) in [7, 11) is 2.98. The Balaban J connectivity index is 1.95. The normalized spacial score (nSPS) is 10.5. The smallest absolute Gasteiger partial charge is 0.331 e. The summed E-state index contributed by atoms with van der Waals surface area (Å²) in [6.07, 6.45) is 2.90. The van der Waals surface area contributed by atoms with Crippen LogP contribution in [0, 0.1) is 0 Å². The van der Waals surface area contributed by atoms with Crippen molar-refractivity contribution in [2.45, 2.75) is 0 Å². The van der Waals surface area contributed by atoms with Crippen molar-refractivity contribution in [3.63, 3.8) is 0 Å². The highest BCUT2D eigenvalue weighted by molar-refractivity contribution is 9.10. The van der Waals surface area contributed by atoms with E-state index >= 15 is 0 Å². The van der Waals surface area contributed by atoms with Gasteiger partial charge in [0.15, 0.2) is 6.61 Å². The number of carbonyl (C=O) groups excluding carboxylic acids is 2. The minimum absolute atomic E-state index is 0.327. The largest absolute Gasteiger partial charge is 0.497 e. The predicted molar refractivity (Wildman–Crippen MR) is 98.0 cm³/mol. The average molecular weight is 405 g/mol. The molecular formula is C19H17BrO5. The van der Waals surface area contributed by atoms with Crippen LogP contribution < -0.4 is 9.47 Å². The van der Waals surface area contributed by atoms with Crippen LogP contribution >= 0.6 is 15.9 Å². The molecule has 0 aliphatic heterocycles. The number of benzene rings is 2. The first-order chi connectivity index (χ1) is 12.0. The molecular weight excluding hydrogens is 388 g/mol. The van der Waals surface area contributed by atoms with Gasteiger partial charge in [0.1, 0.15) is 11.5 Å². The molecule has 0 aromatic heterocycles. The first-order valence-electron chi connectivity index (χ1n) is 7.39. The van der Waals surface area contributed by atoms with Crippen molar-refractivity contribution in [2.75, 3.05) is 20.8 Å². The van der Waals surface area contributed by atoms with Gasteiger partial charge < -0.3 is 14.2 Å². The van der Waals surface area contributed by atoms with Crippen molar-refractivity contribution in [3.05, 3.63) is 64.1 Å². The number of esters is 1. The lowest BCUT2D eigenvalue weighted by atomic mass is 10.1. The minimum Gasteiger partial charge on any atom is -0.497 e. The molecule has 6 heteroatoms. The Morgan fingerprint density at radius 2 is 1.76 bits per heavy atom. The first-order valence-corrected chi connectivity index (χ1v) is 8.18. The van der Waals surface area contributed by atoms with Crippen LogP contribution in [0.1, 0.15) is 15.9 Å². The van der Waals surface area contributed by atoms with Gasteiger partial charge in [-0.05, 0) is 35.9 Å². The molecule has 0 aliphatic carbocycles. The Morgan fingerprint density at radius 1 is 1.04 bits per heavy atom. The Morgan fingerprint density at radius 3 is 2.40 bits per heavy atom. The maximum absolute atomic E-state index is 12.2. The van der Waals surface area contributed by atoms with Crippen molar-refractivity contribution in [1.29, 1.82) is 0 Å². The van der Waals surface area contributed by atoms with Gasteiger partial charge in [-0.2, -0.15) is 0 Å². The topological polar surface area (TPSA) is 61.8 Å². The highest BCUT2D eigenvalue weighted by Gasteiger charge is 2.14. The molecule has 2 aromatic carbocycles. The lowest BCUT2D eigenvalue weighted by Gasteiger charge is -2.09. The number of hydrogen-bond acceptors (Lipinski definition) is 5. The minimum atomic E-state index is -0.594. The van der Waals surface area contributed by atoms with E-state index in [0.717, 1.165) is 10.0 Å². The zero-order chi connectivity index (χ0) is 18.2. The molecule has 5 nitrogen and oxygen atoms in total. The van der Waals surface area contributed by atoms with Crippen molar-refractivity contribution in [3.8, 4) is 11.5 Å². The summed E-state index contributed by atoms with van der Waals surface area (Å²) < 4.78 is 16.2. The lowest BCUT2D eigenvalue weighted by molar-refractivity contribution is -0.136. The fourth-order valence-electron chi connectivity index (χ4n) is 2.03. The molecule has 2 aromatic rings. The maximum atomic E-state index is 12.2. The van der Waals surface area contributed by atoms with E-state index in [9.17, 15) is 9.59 Å². The third-order valence-electron chi connectivity index (χ3n) is 3.34. The van der Waals surface area contributed by atoms with E-state index < -0.39 is 5.97 Å². The van der Waals surface area contributed by atoms with Gasteiger partial charge in [-0.15, -0.1) is 0 Å². The lowest BCUT2D eigenvalue weighted by Crippen LogP contribution is -2.13. The molecule has 0 saturated carbocycles. The van der Waals surface area contributed by atoms with E-state index in [1.165, 1.54) is 20.3 Å². The second kappa shape index (κ2) is 9.03. The van der Waals surface area contributed by atoms with Gasteiger partial charge >= 0.3 is 5.97 Å². The first kappa shape index (κ1) is 18.7. The van der Waals surface area contributed by atoms with Crippen LogP contribution in [-0.4, -0.2) is 32.6 Å². The number of ketones is 1. The van der Waals surface area contributed by atoms with Gasteiger partial charge in [0.05, 0.1) is 19.8 Å². The second-order valence-corrected chi connectivity index (χ2v) is 5.90. The van der Waals surface area contributed by atoms with Crippen LogP contribution in [0.4, 0.5) is 0 Å². The molecule has 0 fully saturated rings. The van der Waals surface area contributed by atoms with E-state index in [4.69, 9.17) is 14.2 Å². The Hall–Kier alpha value is -2.60. The van der Waals surface area contributed by atoms with E-state index in [2.05, 4.69) is 15.9 Å². The highest BCUT2D eigenvalue weighted by atomic mass is 79.9. The standard InChI is InChI=1S/C19H17BrO5/c1-23-15-8-9-16(18(11-15)24-2)17(21)12-25-19(22)10-5-13-3-6-14(20)7-4-13/h3-11H,12H2,1-2H3/b10-5+. The summed E-state index contributed by atoms with van der Waals surface area (Å²) in [6.45, 7) is -0.369. The third kappa shape index (κ3) is 5.46. The molecule has 0 unspecified atom stereocenters. The maximum Gasteiger partial charge on any atom is 0.331 e. The van der Waals surface area contributed by atoms with Crippen molar-refractivity contribution >= 4 is 33.8 Å². The fraction of sp³-hybridized carbons (Fsp3) is 0.158. The summed E-state index contributed by atoms with van der Waals surface area (Å²) in [5, 5.41) is 0. The van der Waals surface area contributed by atoms with Crippen LogP contribution in [0.3, 0.4) is 0 Å². The van der Waals surface area contributed by atoms with Crippen LogP contribution in [0.25, 0.3) is 6.08 Å². The predicted octanol–water partition coefficient (Wildman–Crippen LogP) is 3.91. The van der Waals surface area contributed by atoms with Crippen LogP contribution in [-0.2, 0) is 9.53 Å². The quantitative estimate of drug-likeness (QED) is 0.397. The molecule has 130 valence electrons. The van der Waals surface area contributed by atoms with Gasteiger partial charge in [-0.3, -0.25) is 4.79 Å². The zero-order valence-electron chi connectivity index (χ0n) is 13.8. The molecule has 0 amide bonds.